The van der Waals surface area contributed by atoms with Gasteiger partial charge in [-0.1, -0.05) is 18.2 Å². The van der Waals surface area contributed by atoms with Gasteiger partial charge < -0.3 is 19.2 Å². The Labute approximate surface area is 208 Å². The molecule has 0 spiro atoms. The minimum atomic E-state index is -0.0452. The number of benzene rings is 2. The first-order valence-electron chi connectivity index (χ1n) is 12.2. The van der Waals surface area contributed by atoms with Crippen LogP contribution in [-0.4, -0.2) is 39.2 Å². The molecule has 1 saturated heterocycles. The van der Waals surface area contributed by atoms with Gasteiger partial charge in [0.15, 0.2) is 18.3 Å². The van der Waals surface area contributed by atoms with Crippen molar-refractivity contribution in [3.8, 4) is 17.0 Å². The zero-order valence-electron chi connectivity index (χ0n) is 20.1. The fourth-order valence-corrected chi connectivity index (χ4v) is 4.83. The Kier molecular flexibility index (Phi) is 5.87. The quantitative estimate of drug-likeness (QED) is 0.310. The van der Waals surface area contributed by atoms with Crippen molar-refractivity contribution in [3.63, 3.8) is 0 Å². The number of fused-ring (bicyclic) bond motifs is 3. The fraction of sp³-hybridized carbons (Fsp3) is 0.250. The third-order valence-corrected chi connectivity index (χ3v) is 6.70. The average Bonchev–Trinajstić information content (AvgIpc) is 3.60. The minimum absolute atomic E-state index is 0.0452. The Hall–Kier alpha value is -4.17. The lowest BCUT2D eigenvalue weighted by Gasteiger charge is -2.24. The van der Waals surface area contributed by atoms with Crippen molar-refractivity contribution in [2.75, 3.05) is 19.0 Å². The third-order valence-electron chi connectivity index (χ3n) is 6.70. The van der Waals surface area contributed by atoms with Crippen molar-refractivity contribution < 1.29 is 14.3 Å². The van der Waals surface area contributed by atoms with Crippen LogP contribution in [0.2, 0.25) is 0 Å². The van der Waals surface area contributed by atoms with Crippen molar-refractivity contribution in [3.05, 3.63) is 78.1 Å². The van der Waals surface area contributed by atoms with E-state index in [9.17, 15) is 4.79 Å². The third kappa shape index (κ3) is 4.09. The second-order valence-electron chi connectivity index (χ2n) is 8.99. The number of rotatable bonds is 7. The Morgan fingerprint density at radius 3 is 2.78 bits per heavy atom. The van der Waals surface area contributed by atoms with Crippen LogP contribution in [0.25, 0.3) is 27.8 Å². The number of ether oxygens (including phenoxy) is 2. The molecular weight excluding hydrogens is 454 g/mol. The second kappa shape index (κ2) is 9.47. The summed E-state index contributed by atoms with van der Waals surface area (Å²) < 4.78 is 15.2. The van der Waals surface area contributed by atoms with Crippen LogP contribution in [0.4, 0.5) is 5.82 Å². The molecule has 1 N–H and O–H groups in total. The molecule has 1 aliphatic rings. The fourth-order valence-electron chi connectivity index (χ4n) is 4.83. The van der Waals surface area contributed by atoms with E-state index in [2.05, 4.69) is 22.5 Å². The summed E-state index contributed by atoms with van der Waals surface area (Å²) in [5.74, 6) is 1.53. The van der Waals surface area contributed by atoms with Crippen molar-refractivity contribution in [2.45, 2.75) is 32.0 Å². The van der Waals surface area contributed by atoms with Gasteiger partial charge >= 0.3 is 0 Å². The molecule has 0 radical (unpaired) electrons. The molecule has 0 amide bonds. The van der Waals surface area contributed by atoms with Gasteiger partial charge in [-0.05, 0) is 61.2 Å². The van der Waals surface area contributed by atoms with Gasteiger partial charge in [0.25, 0.3) is 0 Å². The smallest absolute Gasteiger partial charge is 0.151 e. The molecule has 0 saturated carbocycles. The maximum absolute atomic E-state index is 11.6. The molecule has 8 heteroatoms. The van der Waals surface area contributed by atoms with E-state index < -0.39 is 0 Å². The van der Waals surface area contributed by atoms with E-state index in [1.54, 1.807) is 7.11 Å². The van der Waals surface area contributed by atoms with Crippen molar-refractivity contribution in [1.29, 1.82) is 0 Å². The van der Waals surface area contributed by atoms with Crippen LogP contribution in [0.15, 0.2) is 67.0 Å². The lowest BCUT2D eigenvalue weighted by Crippen LogP contribution is -2.19. The highest BCUT2D eigenvalue weighted by Gasteiger charge is 2.20. The Bertz CT molecular complexity index is 1530. The molecule has 8 nitrogen and oxygen atoms in total. The Balaban J connectivity index is 1.40. The van der Waals surface area contributed by atoms with Crippen LogP contribution >= 0.6 is 0 Å². The molecule has 1 aliphatic heterocycles. The van der Waals surface area contributed by atoms with E-state index >= 15 is 0 Å². The number of nitrogens with zero attached hydrogens (tertiary/aromatic N) is 4. The monoisotopic (exact) mass is 481 g/mol. The zero-order chi connectivity index (χ0) is 24.5. The molecule has 3 aromatic heterocycles. The highest BCUT2D eigenvalue weighted by atomic mass is 16.5. The second-order valence-corrected chi connectivity index (χ2v) is 8.99. The molecule has 1 unspecified atom stereocenters. The molecule has 6 rings (SSSR count). The maximum Gasteiger partial charge on any atom is 0.151 e. The van der Waals surface area contributed by atoms with Crippen molar-refractivity contribution in [1.82, 2.24) is 19.2 Å². The first-order chi connectivity index (χ1) is 17.7. The van der Waals surface area contributed by atoms with E-state index in [-0.39, 0.29) is 6.23 Å². The van der Waals surface area contributed by atoms with Crippen LogP contribution < -0.4 is 10.1 Å². The molecular formula is C28H27N5O3. The average molecular weight is 482 g/mol. The molecule has 0 aliphatic carbocycles. The molecule has 5 aromatic rings. The summed E-state index contributed by atoms with van der Waals surface area (Å²) in [5.41, 5.74) is 6.33. The standard InChI is InChI=1S/C28H27N5O3/c1-35-22-8-5-19(6-9-22)16-29-28-26-14-20(18-34)17-32(26)25-10-7-21(15-23(25)31-28)24-11-12-30-33(24)27-4-2-3-13-36-27/h5-12,14-15,17-18,27H,2-4,13,16H2,1H3,(H,29,31). The summed E-state index contributed by atoms with van der Waals surface area (Å²) >= 11 is 0. The number of methoxy groups -OCH3 is 1. The van der Waals surface area contributed by atoms with Gasteiger partial charge in [-0.25, -0.2) is 9.67 Å². The Morgan fingerprint density at radius 2 is 2.00 bits per heavy atom. The van der Waals surface area contributed by atoms with Gasteiger partial charge in [0.1, 0.15) is 5.75 Å². The highest BCUT2D eigenvalue weighted by Crippen LogP contribution is 2.31. The summed E-state index contributed by atoms with van der Waals surface area (Å²) in [6.45, 7) is 1.35. The molecule has 182 valence electrons. The number of nitrogens with one attached hydrogen (secondary N) is 1. The van der Waals surface area contributed by atoms with Crippen molar-refractivity contribution in [2.24, 2.45) is 0 Å². The first-order valence-corrected chi connectivity index (χ1v) is 12.2. The Morgan fingerprint density at radius 1 is 1.11 bits per heavy atom. The van der Waals surface area contributed by atoms with E-state index in [0.29, 0.717) is 17.9 Å². The summed E-state index contributed by atoms with van der Waals surface area (Å²) in [7, 11) is 1.66. The van der Waals surface area contributed by atoms with Gasteiger partial charge in [-0.3, -0.25) is 4.79 Å². The van der Waals surface area contributed by atoms with Crippen LogP contribution in [-0.2, 0) is 11.3 Å². The van der Waals surface area contributed by atoms with Gasteiger partial charge in [0, 0.05) is 36.7 Å². The van der Waals surface area contributed by atoms with E-state index in [1.807, 2.05) is 63.9 Å². The predicted octanol–water partition coefficient (Wildman–Crippen LogP) is 5.48. The molecule has 0 bridgehead atoms. The number of aldehydes is 1. The number of hydrogen-bond donors (Lipinski definition) is 1. The zero-order valence-corrected chi connectivity index (χ0v) is 20.1. The number of carbonyl (C=O) groups excluding carboxylic acids is 1. The number of aromatic nitrogens is 4. The van der Waals surface area contributed by atoms with Gasteiger partial charge in [0.05, 0.1) is 29.4 Å². The molecule has 1 atom stereocenters. The lowest BCUT2D eigenvalue weighted by atomic mass is 10.1. The van der Waals surface area contributed by atoms with E-state index in [0.717, 1.165) is 71.3 Å². The topological polar surface area (TPSA) is 82.7 Å². The number of hydrogen-bond acceptors (Lipinski definition) is 6. The van der Waals surface area contributed by atoms with Crippen LogP contribution in [0.5, 0.6) is 5.75 Å². The summed E-state index contributed by atoms with van der Waals surface area (Å²) in [4.78, 5) is 16.6. The minimum Gasteiger partial charge on any atom is -0.497 e. The van der Waals surface area contributed by atoms with E-state index in [4.69, 9.17) is 14.5 Å². The lowest BCUT2D eigenvalue weighted by molar-refractivity contribution is -0.0383. The largest absolute Gasteiger partial charge is 0.497 e. The van der Waals surface area contributed by atoms with Gasteiger partial charge in [-0.15, -0.1) is 0 Å². The van der Waals surface area contributed by atoms with E-state index in [1.165, 1.54) is 0 Å². The van der Waals surface area contributed by atoms with Crippen LogP contribution in [0, 0.1) is 0 Å². The SMILES string of the molecule is COc1ccc(CNc2nc3cc(-c4ccnn4C4CCCCO4)ccc3n3cc(C=O)cc23)cc1. The predicted molar refractivity (Wildman–Crippen MR) is 138 cm³/mol. The summed E-state index contributed by atoms with van der Waals surface area (Å²) in [6.07, 6.45) is 7.67. The number of carbonyl (C=O) groups is 1. The molecule has 2 aromatic carbocycles. The molecule has 1 fully saturated rings. The van der Waals surface area contributed by atoms with Crippen LogP contribution in [0.1, 0.15) is 41.4 Å². The summed E-state index contributed by atoms with van der Waals surface area (Å²) in [6, 6.07) is 18.0. The summed E-state index contributed by atoms with van der Waals surface area (Å²) in [5, 5.41) is 8.02. The first kappa shape index (κ1) is 22.3. The maximum atomic E-state index is 11.6. The highest BCUT2D eigenvalue weighted by molar-refractivity contribution is 5.90. The number of anilines is 1. The normalized spacial score (nSPS) is 15.9. The van der Waals surface area contributed by atoms with Gasteiger partial charge in [0.2, 0.25) is 0 Å². The molecule has 36 heavy (non-hydrogen) atoms. The van der Waals surface area contributed by atoms with Crippen molar-refractivity contribution >= 4 is 28.7 Å². The molecule has 4 heterocycles. The van der Waals surface area contributed by atoms with Gasteiger partial charge in [-0.2, -0.15) is 5.10 Å². The van der Waals surface area contributed by atoms with Crippen LogP contribution in [0.3, 0.4) is 0 Å².